The second-order valence-corrected chi connectivity index (χ2v) is 38.1. The fourth-order valence-electron chi connectivity index (χ4n) is 15.2. The number of benzene rings is 4. The number of nitrogens with two attached hydrogens (primary N) is 5. The minimum absolute atomic E-state index is 0.123. The Morgan fingerprint density at radius 3 is 1.01 bits per heavy atom. The highest BCUT2D eigenvalue weighted by Gasteiger charge is 2.43. The van der Waals surface area contributed by atoms with Gasteiger partial charge in [0, 0.05) is 90.1 Å². The molecule has 4 aromatic carbocycles. The van der Waals surface area contributed by atoms with Gasteiger partial charge in [0.05, 0.1) is 35.8 Å². The van der Waals surface area contributed by atoms with Gasteiger partial charge in [0.15, 0.2) is 0 Å². The largest absolute Gasteiger partial charge is 0.477 e. The number of nitrogens with zero attached hydrogens (tertiary/aromatic N) is 6. The third kappa shape index (κ3) is 24.1. The van der Waals surface area contributed by atoms with Gasteiger partial charge >= 0.3 is 18.2 Å². The normalized spacial score (nSPS) is 17.4. The molecule has 4 aliphatic heterocycles. The van der Waals surface area contributed by atoms with E-state index in [1.807, 2.05) is 160 Å². The van der Waals surface area contributed by atoms with E-state index in [1.165, 1.54) is 69.1 Å². The van der Waals surface area contributed by atoms with Crippen LogP contribution < -0.4 is 55.3 Å². The maximum absolute atomic E-state index is 12.7. The number of aliphatic hydroxyl groups is 2. The van der Waals surface area contributed by atoms with E-state index in [0.29, 0.717) is 113 Å². The Labute approximate surface area is 744 Å². The molecule has 8 aromatic heterocycles. The first kappa shape index (κ1) is 92.9. The molecule has 12 heterocycles. The molecule has 18 N–H and O–H groups in total. The summed E-state index contributed by atoms with van der Waals surface area (Å²) in [4.78, 5) is 98.5. The van der Waals surface area contributed by atoms with Crippen molar-refractivity contribution in [1.29, 1.82) is 0 Å². The van der Waals surface area contributed by atoms with Crippen molar-refractivity contribution < 1.29 is 53.6 Å². The van der Waals surface area contributed by atoms with Crippen LogP contribution in [0.25, 0.3) is 40.9 Å². The van der Waals surface area contributed by atoms with Crippen LogP contribution in [0.5, 0.6) is 0 Å². The molecule has 2 unspecified atom stereocenters. The molecule has 0 radical (unpaired) electrons. The number of fused-ring (bicyclic) bond motifs is 4. The first-order valence-corrected chi connectivity index (χ1v) is 45.4. The van der Waals surface area contributed by atoms with Crippen LogP contribution in [-0.4, -0.2) is 171 Å². The maximum atomic E-state index is 12.7. The molecule has 5 amide bonds. The molecule has 4 saturated heterocycles. The Morgan fingerprint density at radius 2 is 0.728 bits per heavy atom. The molecule has 0 spiro atoms. The first-order valence-electron chi connectivity index (χ1n) is 42.1. The second kappa shape index (κ2) is 40.8. The smallest absolute Gasteiger partial charge is 0.410 e. The predicted octanol–water partition coefficient (Wildman–Crippen LogP) is 14.4. The number of amides is 5. The van der Waals surface area contributed by atoms with E-state index < -0.39 is 34.5 Å². The quantitative estimate of drug-likeness (QED) is 0.0357. The molecule has 4 atom stereocenters. The van der Waals surface area contributed by atoms with Crippen LogP contribution in [0.4, 0.5) is 32.3 Å². The van der Waals surface area contributed by atoms with E-state index in [2.05, 4.69) is 95.1 Å². The van der Waals surface area contributed by atoms with Crippen molar-refractivity contribution in [2.75, 3.05) is 101 Å². The van der Waals surface area contributed by atoms with Crippen molar-refractivity contribution in [2.24, 2.45) is 5.73 Å². The van der Waals surface area contributed by atoms with Crippen LogP contribution in [0.3, 0.4) is 0 Å². The molecular formula is C94H114N16O11S4. The highest BCUT2D eigenvalue weighted by Crippen LogP contribution is 2.39. The fourth-order valence-corrected chi connectivity index (χ4v) is 19.3. The van der Waals surface area contributed by atoms with Crippen molar-refractivity contribution in [3.63, 3.8) is 0 Å². The third-order valence-electron chi connectivity index (χ3n) is 22.1. The number of nitrogens with one attached hydrogen (secondary N) is 5. The molecule has 16 rings (SSSR count). The average molecular weight is 1770 g/mol. The summed E-state index contributed by atoms with van der Waals surface area (Å²) in [6.07, 6.45) is 5.66. The SMILES string of the molecule is CC(C)(C)OC(=O)N1CCC(O)(c2ccc(CCN)cc2)C1.Cc1ccc2c(N)c(C(=O)NCCc3ccc(C4(O)CCN(C(=O)OC(C)(C)C)C4)cc3)sc2n1.Cc1ccc2c(N)c(C(=O)NCCc3ccc([C@@H]4CCNC4)cc3)sc2n1.Cc1ccc2c(N)c(C(=O)NCCc3ccc([C@H]4CCNC4)cc3)sc2n1.Cc1ccc2c(N)c(C(=O)O)sc2n1. The number of thiophene rings is 4. The number of hydrogen-bond donors (Lipinski definition) is 13. The predicted molar refractivity (Wildman–Crippen MR) is 502 cm³/mol. The van der Waals surface area contributed by atoms with E-state index in [0.717, 1.165) is 138 Å². The van der Waals surface area contributed by atoms with Crippen molar-refractivity contribution in [3.05, 3.63) is 232 Å². The zero-order valence-electron chi connectivity index (χ0n) is 72.5. The van der Waals surface area contributed by atoms with Gasteiger partial charge in [0.2, 0.25) is 0 Å². The fraction of sp³-hybridized carbons (Fsp3) is 0.383. The summed E-state index contributed by atoms with van der Waals surface area (Å²) in [5, 5.41) is 49.7. The van der Waals surface area contributed by atoms with E-state index in [1.54, 1.807) is 15.9 Å². The Kier molecular flexibility index (Phi) is 30.3. The Morgan fingerprint density at radius 1 is 0.440 bits per heavy atom. The summed E-state index contributed by atoms with van der Waals surface area (Å²) >= 11 is 5.12. The first-order chi connectivity index (χ1) is 59.5. The number of nitrogen functional groups attached to an aromatic ring is 4. The second-order valence-electron chi connectivity index (χ2n) is 34.1. The lowest BCUT2D eigenvalue weighted by molar-refractivity contribution is 0.0137. The number of carboxylic acids is 1. The van der Waals surface area contributed by atoms with Crippen LogP contribution in [0.2, 0.25) is 0 Å². The third-order valence-corrected chi connectivity index (χ3v) is 26.5. The lowest BCUT2D eigenvalue weighted by Gasteiger charge is -2.26. The number of rotatable bonds is 19. The van der Waals surface area contributed by atoms with Gasteiger partial charge < -0.3 is 89.8 Å². The van der Waals surface area contributed by atoms with Gasteiger partial charge in [-0.2, -0.15) is 0 Å². The molecule has 4 fully saturated rings. The average Bonchev–Trinajstić information content (AvgIpc) is 1.71. The number of hydrogen-bond acceptors (Lipinski definition) is 25. The number of aryl methyl sites for hydroxylation is 4. The summed E-state index contributed by atoms with van der Waals surface area (Å²) in [5.41, 5.74) is 40.9. The van der Waals surface area contributed by atoms with Gasteiger partial charge in [0.25, 0.3) is 17.7 Å². The summed E-state index contributed by atoms with van der Waals surface area (Å²) in [5.74, 6) is -0.187. The Balaban J connectivity index is 0.000000146. The Bertz CT molecular complexity index is 5650. The highest BCUT2D eigenvalue weighted by atomic mass is 32.1. The molecular weight excluding hydrogens is 1660 g/mol. The number of ether oxygens (including phenoxy) is 2. The number of likely N-dealkylation sites (tertiary alicyclic amines) is 2. The van der Waals surface area contributed by atoms with Crippen LogP contribution >= 0.6 is 45.3 Å². The zero-order valence-corrected chi connectivity index (χ0v) is 75.7. The minimum atomic E-state index is -1.10. The summed E-state index contributed by atoms with van der Waals surface area (Å²) in [6.45, 7) is 26.6. The van der Waals surface area contributed by atoms with Gasteiger partial charge in [-0.3, -0.25) is 14.4 Å². The number of anilines is 4. The molecule has 27 nitrogen and oxygen atoms in total. The number of carbonyl (C=O) groups excluding carboxylic acids is 5. The van der Waals surface area contributed by atoms with Gasteiger partial charge in [-0.05, 0) is 245 Å². The molecule has 0 aliphatic carbocycles. The molecule has 660 valence electrons. The van der Waals surface area contributed by atoms with Crippen LogP contribution in [0.15, 0.2) is 146 Å². The van der Waals surface area contributed by atoms with Crippen molar-refractivity contribution in [2.45, 2.75) is 155 Å². The van der Waals surface area contributed by atoms with Crippen molar-refractivity contribution in [1.82, 2.24) is 56.3 Å². The van der Waals surface area contributed by atoms with Gasteiger partial charge in [0.1, 0.15) is 61.2 Å². The summed E-state index contributed by atoms with van der Waals surface area (Å²) in [7, 11) is 0. The van der Waals surface area contributed by atoms with E-state index >= 15 is 0 Å². The van der Waals surface area contributed by atoms with Crippen LogP contribution in [-0.2, 0) is 46.4 Å². The summed E-state index contributed by atoms with van der Waals surface area (Å²) in [6, 6.07) is 48.1. The van der Waals surface area contributed by atoms with Gasteiger partial charge in [-0.25, -0.2) is 34.3 Å². The van der Waals surface area contributed by atoms with Crippen LogP contribution in [0.1, 0.15) is 185 Å². The number of pyridine rings is 4. The molecule has 0 bridgehead atoms. The Hall–Kier alpha value is -11.3. The number of aromatic carboxylic acids is 1. The monoisotopic (exact) mass is 1770 g/mol. The zero-order chi connectivity index (χ0) is 89.7. The van der Waals surface area contributed by atoms with E-state index in [9.17, 15) is 39.0 Å². The lowest BCUT2D eigenvalue weighted by atomic mass is 9.92. The number of carboxylic acid groups (broad SMARTS) is 1. The van der Waals surface area contributed by atoms with Crippen molar-refractivity contribution in [3.8, 4) is 0 Å². The van der Waals surface area contributed by atoms with E-state index in [4.69, 9.17) is 43.2 Å². The maximum Gasteiger partial charge on any atom is 0.410 e. The molecule has 125 heavy (non-hydrogen) atoms. The molecule has 31 heteroatoms. The number of aromatic nitrogens is 4. The standard InChI is InChI=1S/C26H32N4O4S.2C21H24N4OS.C17H26N2O3.C9H8N2O2S/c1-16-5-10-19-20(27)21(35-23(19)29-16)22(31)28-13-11-17-6-8-18(9-7-17)26(33)12-14-30(15-26)24(32)34-25(2,3)4;2*1-13-2-7-17-18(22)19(27-21(17)25-13)20(26)24-11-8-14-3-5-15(6-4-14)16-9-10-23-12-16;1-16(2,3)22-15(20)19-11-9-17(21,12-19)14-6-4-13(5-7-14)8-10-18;1-4-2-3-5-6(10)7(9(12)13)14-8(5)11-4/h5-10,33H,11-15,27H2,1-4H3,(H,28,31);2*2-7,16,23H,8-12,22H2,1H3,(H,24,26);4-7,21H,8-12,18H2,1-3H3;2-3H,10H2,1H3,(H,12,13)/t;2*16-;;/m.10../s1. The lowest BCUT2D eigenvalue weighted by Crippen LogP contribution is -2.38. The summed E-state index contributed by atoms with van der Waals surface area (Å²) < 4.78 is 10.8. The van der Waals surface area contributed by atoms with Gasteiger partial charge in [-0.1, -0.05) is 97.1 Å². The number of carbonyl (C=O) groups is 6. The topological polar surface area (TPSA) is 430 Å². The van der Waals surface area contributed by atoms with E-state index in [-0.39, 0.29) is 41.8 Å². The molecule has 12 aromatic rings. The highest BCUT2D eigenvalue weighted by molar-refractivity contribution is 7.22. The van der Waals surface area contributed by atoms with Crippen LogP contribution in [0, 0.1) is 27.7 Å². The van der Waals surface area contributed by atoms with Crippen molar-refractivity contribution >= 4 is 145 Å². The minimum Gasteiger partial charge on any atom is -0.477 e. The van der Waals surface area contributed by atoms with Gasteiger partial charge in [-0.15, -0.1) is 45.3 Å². The number of β-amino-alcohol motifs (C(OH)–C–C–N with tert-alkyl or cyclic N) is 2. The molecule has 0 saturated carbocycles. The molecule has 4 aliphatic rings.